The lowest BCUT2D eigenvalue weighted by Gasteiger charge is -2.10. The second-order valence-corrected chi connectivity index (χ2v) is 6.56. The van der Waals surface area contributed by atoms with Gasteiger partial charge in [0.2, 0.25) is 0 Å². The Labute approximate surface area is 152 Å². The average Bonchev–Trinajstić information content (AvgIpc) is 2.87. The molecule has 0 N–H and O–H groups in total. The number of carbonyl (C=O) groups excluding carboxylic acids is 2. The van der Waals surface area contributed by atoms with Crippen molar-refractivity contribution >= 4 is 11.9 Å². The molecule has 0 saturated carbocycles. The number of hydrogen-bond donors (Lipinski definition) is 0. The lowest BCUT2D eigenvalue weighted by Crippen LogP contribution is -2.08. The molecule has 0 aromatic heterocycles. The van der Waals surface area contributed by atoms with Gasteiger partial charge in [0.25, 0.3) is 0 Å². The summed E-state index contributed by atoms with van der Waals surface area (Å²) in [5.41, 5.74) is 5.00. The highest BCUT2D eigenvalue weighted by atomic mass is 16.5. The van der Waals surface area contributed by atoms with E-state index < -0.39 is 11.9 Å². The second kappa shape index (κ2) is 6.64. The molecule has 4 heteroatoms. The zero-order chi connectivity index (χ0) is 19.0. The standard InChI is InChI=1S/C22H20O4/c1-12(2)21(23)25-15-6-8-17-18-9-7-16(26-22(24)13(3)4)11-20(18)14(5)19(17)10-15/h6-11,14H,1,3H2,2,4-5H3. The summed E-state index contributed by atoms with van der Waals surface area (Å²) in [4.78, 5) is 23.5. The Bertz CT molecular complexity index is 875. The fourth-order valence-corrected chi connectivity index (χ4v) is 2.97. The molecule has 0 unspecified atom stereocenters. The minimum absolute atomic E-state index is 0.0898. The highest BCUT2D eigenvalue weighted by Crippen LogP contribution is 2.47. The molecule has 132 valence electrons. The summed E-state index contributed by atoms with van der Waals surface area (Å²) in [6, 6.07) is 11.2. The summed E-state index contributed by atoms with van der Waals surface area (Å²) in [5, 5.41) is 0. The zero-order valence-corrected chi connectivity index (χ0v) is 15.1. The van der Waals surface area contributed by atoms with Crippen LogP contribution in [0.5, 0.6) is 11.5 Å². The summed E-state index contributed by atoms with van der Waals surface area (Å²) in [6.45, 7) is 12.5. The largest absolute Gasteiger partial charge is 0.423 e. The summed E-state index contributed by atoms with van der Waals surface area (Å²) in [6.07, 6.45) is 0. The SMILES string of the molecule is C=C(C)C(=O)Oc1ccc2c(c1)C(C)c1cc(OC(=O)C(=C)C)ccc1-2. The van der Waals surface area contributed by atoms with E-state index in [1.165, 1.54) is 0 Å². The van der Waals surface area contributed by atoms with Gasteiger partial charge in [0.15, 0.2) is 0 Å². The first-order chi connectivity index (χ1) is 12.3. The Morgan fingerprint density at radius 3 is 1.54 bits per heavy atom. The highest BCUT2D eigenvalue weighted by molar-refractivity contribution is 5.90. The van der Waals surface area contributed by atoms with Crippen LogP contribution in [0.2, 0.25) is 0 Å². The van der Waals surface area contributed by atoms with Crippen molar-refractivity contribution in [3.8, 4) is 22.6 Å². The van der Waals surface area contributed by atoms with E-state index in [1.54, 1.807) is 26.0 Å². The molecule has 1 aliphatic carbocycles. The molecule has 0 bridgehead atoms. The second-order valence-electron chi connectivity index (χ2n) is 6.56. The predicted molar refractivity (Wildman–Crippen MR) is 100 cm³/mol. The van der Waals surface area contributed by atoms with Gasteiger partial charge in [-0.2, -0.15) is 0 Å². The lowest BCUT2D eigenvalue weighted by atomic mass is 9.99. The van der Waals surface area contributed by atoms with Crippen molar-refractivity contribution in [2.24, 2.45) is 0 Å². The van der Waals surface area contributed by atoms with E-state index in [0.29, 0.717) is 22.6 Å². The first-order valence-electron chi connectivity index (χ1n) is 8.31. The van der Waals surface area contributed by atoms with Crippen molar-refractivity contribution in [2.75, 3.05) is 0 Å². The monoisotopic (exact) mass is 348 g/mol. The van der Waals surface area contributed by atoms with Gasteiger partial charge in [-0.3, -0.25) is 0 Å². The molecule has 0 atom stereocenters. The first-order valence-corrected chi connectivity index (χ1v) is 8.31. The molecule has 0 saturated heterocycles. The minimum Gasteiger partial charge on any atom is -0.423 e. The summed E-state index contributed by atoms with van der Waals surface area (Å²) in [5.74, 6) is 0.187. The summed E-state index contributed by atoms with van der Waals surface area (Å²) in [7, 11) is 0. The van der Waals surface area contributed by atoms with E-state index in [-0.39, 0.29) is 5.92 Å². The number of rotatable bonds is 4. The van der Waals surface area contributed by atoms with Crippen LogP contribution in [0.4, 0.5) is 0 Å². The number of hydrogen-bond acceptors (Lipinski definition) is 4. The Morgan fingerprint density at radius 1 is 0.808 bits per heavy atom. The quantitative estimate of drug-likeness (QED) is 0.453. The summed E-state index contributed by atoms with van der Waals surface area (Å²) < 4.78 is 10.7. The van der Waals surface area contributed by atoms with Crippen LogP contribution in [-0.2, 0) is 9.59 Å². The van der Waals surface area contributed by atoms with Crippen molar-refractivity contribution in [2.45, 2.75) is 26.7 Å². The smallest absolute Gasteiger partial charge is 0.338 e. The van der Waals surface area contributed by atoms with Crippen molar-refractivity contribution in [1.29, 1.82) is 0 Å². The molecule has 0 amide bonds. The third-order valence-corrected chi connectivity index (χ3v) is 4.39. The normalized spacial score (nSPS) is 12.1. The van der Waals surface area contributed by atoms with E-state index in [1.807, 2.05) is 24.3 Å². The predicted octanol–water partition coefficient (Wildman–Crippen LogP) is 4.78. The van der Waals surface area contributed by atoms with E-state index >= 15 is 0 Å². The van der Waals surface area contributed by atoms with Gasteiger partial charge < -0.3 is 9.47 Å². The van der Waals surface area contributed by atoms with Crippen LogP contribution in [-0.4, -0.2) is 11.9 Å². The fourth-order valence-electron chi connectivity index (χ4n) is 2.97. The molecule has 0 aliphatic heterocycles. The minimum atomic E-state index is -0.442. The Hall–Kier alpha value is -3.14. The van der Waals surface area contributed by atoms with Gasteiger partial charge in [0.1, 0.15) is 11.5 Å². The number of fused-ring (bicyclic) bond motifs is 3. The van der Waals surface area contributed by atoms with Crippen LogP contribution in [0, 0.1) is 0 Å². The maximum Gasteiger partial charge on any atom is 0.338 e. The molecule has 2 aromatic rings. The maximum atomic E-state index is 11.7. The van der Waals surface area contributed by atoms with Gasteiger partial charge in [-0.25, -0.2) is 9.59 Å². The molecule has 0 radical (unpaired) electrons. The third-order valence-electron chi connectivity index (χ3n) is 4.39. The average molecular weight is 348 g/mol. The molecule has 0 heterocycles. The molecule has 0 fully saturated rings. The number of esters is 2. The van der Waals surface area contributed by atoms with Crippen LogP contribution in [0.25, 0.3) is 11.1 Å². The van der Waals surface area contributed by atoms with Crippen molar-refractivity contribution in [1.82, 2.24) is 0 Å². The molecule has 2 aromatic carbocycles. The number of carbonyl (C=O) groups is 2. The van der Waals surface area contributed by atoms with Gasteiger partial charge in [-0.1, -0.05) is 32.2 Å². The molecule has 4 nitrogen and oxygen atoms in total. The van der Waals surface area contributed by atoms with Crippen molar-refractivity contribution in [3.05, 3.63) is 71.8 Å². The lowest BCUT2D eigenvalue weighted by molar-refractivity contribution is -0.130. The Morgan fingerprint density at radius 2 is 1.19 bits per heavy atom. The van der Waals surface area contributed by atoms with Crippen LogP contribution in [0.15, 0.2) is 60.7 Å². The number of benzene rings is 2. The first kappa shape index (κ1) is 17.7. The summed E-state index contributed by atoms with van der Waals surface area (Å²) >= 11 is 0. The van der Waals surface area contributed by atoms with E-state index in [4.69, 9.17) is 9.47 Å². The van der Waals surface area contributed by atoms with Crippen molar-refractivity contribution in [3.63, 3.8) is 0 Å². The molecule has 0 spiro atoms. The van der Waals surface area contributed by atoms with Crippen LogP contribution in [0.3, 0.4) is 0 Å². The maximum absolute atomic E-state index is 11.7. The number of ether oxygens (including phenoxy) is 2. The Kier molecular flexibility index (Phi) is 4.51. The molecular weight excluding hydrogens is 328 g/mol. The third kappa shape index (κ3) is 3.18. The zero-order valence-electron chi connectivity index (χ0n) is 15.1. The van der Waals surface area contributed by atoms with E-state index in [9.17, 15) is 9.59 Å². The van der Waals surface area contributed by atoms with Gasteiger partial charge in [-0.05, 0) is 60.4 Å². The van der Waals surface area contributed by atoms with Gasteiger partial charge >= 0.3 is 11.9 Å². The van der Waals surface area contributed by atoms with Gasteiger partial charge in [-0.15, -0.1) is 0 Å². The van der Waals surface area contributed by atoms with E-state index in [0.717, 1.165) is 22.3 Å². The van der Waals surface area contributed by atoms with Gasteiger partial charge in [0.05, 0.1) is 0 Å². The Balaban J connectivity index is 1.91. The van der Waals surface area contributed by atoms with Gasteiger partial charge in [0, 0.05) is 17.1 Å². The molecule has 1 aliphatic rings. The van der Waals surface area contributed by atoms with Crippen LogP contribution < -0.4 is 9.47 Å². The van der Waals surface area contributed by atoms with Crippen molar-refractivity contribution < 1.29 is 19.1 Å². The molecule has 3 rings (SSSR count). The van der Waals surface area contributed by atoms with Crippen LogP contribution in [0.1, 0.15) is 37.8 Å². The van der Waals surface area contributed by atoms with Crippen LogP contribution >= 0.6 is 0 Å². The molecule has 26 heavy (non-hydrogen) atoms. The molecular formula is C22H20O4. The fraction of sp³-hybridized carbons (Fsp3) is 0.182. The highest BCUT2D eigenvalue weighted by Gasteiger charge is 2.27. The van der Waals surface area contributed by atoms with E-state index in [2.05, 4.69) is 20.1 Å². The topological polar surface area (TPSA) is 52.6 Å².